The summed E-state index contributed by atoms with van der Waals surface area (Å²) in [6.07, 6.45) is 5.23. The molecule has 5 aromatic rings. The van der Waals surface area contributed by atoms with Gasteiger partial charge in [-0.15, -0.1) is 5.10 Å². The van der Waals surface area contributed by atoms with E-state index in [1.165, 1.54) is 0 Å². The zero-order valence-electron chi connectivity index (χ0n) is 17.8. The van der Waals surface area contributed by atoms with Gasteiger partial charge in [-0.3, -0.25) is 14.8 Å². The van der Waals surface area contributed by atoms with Crippen molar-refractivity contribution in [3.63, 3.8) is 0 Å². The van der Waals surface area contributed by atoms with Gasteiger partial charge >= 0.3 is 0 Å². The number of carbonyl (C=O) groups is 1. The highest BCUT2D eigenvalue weighted by molar-refractivity contribution is 6.31. The van der Waals surface area contributed by atoms with Gasteiger partial charge in [0.2, 0.25) is 5.95 Å². The lowest BCUT2D eigenvalue weighted by Crippen LogP contribution is -2.14. The average molecular weight is 458 g/mol. The first-order chi connectivity index (χ1) is 16.1. The molecular formula is C24H20ClN7O. The van der Waals surface area contributed by atoms with Gasteiger partial charge in [-0.25, -0.2) is 14.6 Å². The number of pyridine rings is 1. The van der Waals surface area contributed by atoms with Crippen LogP contribution in [0.4, 0.5) is 5.95 Å². The molecule has 9 heteroatoms. The first-order valence-corrected chi connectivity index (χ1v) is 10.9. The highest BCUT2D eigenvalue weighted by Gasteiger charge is 2.16. The summed E-state index contributed by atoms with van der Waals surface area (Å²) in [4.78, 5) is 22.2. The Bertz CT molecular complexity index is 1460. The van der Waals surface area contributed by atoms with E-state index in [4.69, 9.17) is 16.6 Å². The van der Waals surface area contributed by atoms with E-state index < -0.39 is 0 Å². The van der Waals surface area contributed by atoms with Crippen LogP contribution < -0.4 is 5.32 Å². The second kappa shape index (κ2) is 8.84. The maximum atomic E-state index is 13.2. The number of benzene rings is 2. The van der Waals surface area contributed by atoms with Gasteiger partial charge in [-0.2, -0.15) is 5.10 Å². The number of halogens is 1. The van der Waals surface area contributed by atoms with Crippen LogP contribution in [0.15, 0.2) is 73.3 Å². The van der Waals surface area contributed by atoms with Crippen molar-refractivity contribution in [2.24, 2.45) is 0 Å². The number of nitrogens with zero attached hydrogens (tertiary/aromatic N) is 6. The molecule has 0 aliphatic carbocycles. The van der Waals surface area contributed by atoms with Gasteiger partial charge < -0.3 is 0 Å². The molecule has 0 atom stereocenters. The molecule has 2 aromatic carbocycles. The number of hydrogen-bond acceptors (Lipinski definition) is 5. The number of aryl methyl sites for hydroxylation is 1. The predicted molar refractivity (Wildman–Crippen MR) is 127 cm³/mol. The van der Waals surface area contributed by atoms with E-state index in [1.54, 1.807) is 23.3 Å². The Morgan fingerprint density at radius 1 is 1.09 bits per heavy atom. The Morgan fingerprint density at radius 2 is 1.91 bits per heavy atom. The molecule has 0 radical (unpaired) electrons. The first kappa shape index (κ1) is 20.8. The third-order valence-electron chi connectivity index (χ3n) is 5.27. The zero-order valence-corrected chi connectivity index (χ0v) is 18.6. The molecule has 0 saturated heterocycles. The Labute approximate surface area is 194 Å². The van der Waals surface area contributed by atoms with Crippen molar-refractivity contribution in [2.75, 3.05) is 5.32 Å². The number of rotatable bonds is 6. The first-order valence-electron chi connectivity index (χ1n) is 10.5. The Hall–Kier alpha value is -4.04. The van der Waals surface area contributed by atoms with Crippen LogP contribution in [0.3, 0.4) is 0 Å². The van der Waals surface area contributed by atoms with Crippen LogP contribution in [-0.2, 0) is 13.1 Å². The van der Waals surface area contributed by atoms with Gasteiger partial charge in [0, 0.05) is 28.7 Å². The fraction of sp³-hybridized carbons (Fsp3) is 0.125. The molecule has 0 spiro atoms. The molecule has 5 rings (SSSR count). The highest BCUT2D eigenvalue weighted by Crippen LogP contribution is 2.25. The van der Waals surface area contributed by atoms with E-state index in [9.17, 15) is 4.79 Å². The molecule has 33 heavy (non-hydrogen) atoms. The lowest BCUT2D eigenvalue weighted by molar-refractivity contribution is 0.102. The van der Waals surface area contributed by atoms with Gasteiger partial charge in [0.15, 0.2) is 0 Å². The fourth-order valence-corrected chi connectivity index (χ4v) is 3.77. The molecule has 8 nitrogen and oxygen atoms in total. The quantitative estimate of drug-likeness (QED) is 0.400. The second-order valence-electron chi connectivity index (χ2n) is 7.47. The number of aromatic nitrogens is 6. The fourth-order valence-electron chi connectivity index (χ4n) is 3.58. The van der Waals surface area contributed by atoms with Crippen molar-refractivity contribution in [3.8, 4) is 11.3 Å². The summed E-state index contributed by atoms with van der Waals surface area (Å²) in [5.41, 5.74) is 3.65. The third-order valence-corrected chi connectivity index (χ3v) is 5.63. The Kier molecular flexibility index (Phi) is 5.58. The van der Waals surface area contributed by atoms with E-state index in [0.29, 0.717) is 22.8 Å². The lowest BCUT2D eigenvalue weighted by Gasteiger charge is -2.08. The van der Waals surface area contributed by atoms with E-state index >= 15 is 0 Å². The van der Waals surface area contributed by atoms with Crippen LogP contribution in [-0.4, -0.2) is 35.4 Å². The molecule has 3 aromatic heterocycles. The van der Waals surface area contributed by atoms with E-state index in [-0.39, 0.29) is 11.9 Å². The molecule has 0 fully saturated rings. The molecule has 0 saturated carbocycles. The van der Waals surface area contributed by atoms with Crippen molar-refractivity contribution in [2.45, 2.75) is 20.0 Å². The van der Waals surface area contributed by atoms with Gasteiger partial charge in [0.25, 0.3) is 5.91 Å². The molecule has 164 valence electrons. The molecule has 0 unspecified atom stereocenters. The minimum atomic E-state index is -0.312. The summed E-state index contributed by atoms with van der Waals surface area (Å²) in [6.45, 7) is 3.22. The number of anilines is 1. The smallest absolute Gasteiger partial charge is 0.258 e. The van der Waals surface area contributed by atoms with Gasteiger partial charge in [-0.1, -0.05) is 48.0 Å². The highest BCUT2D eigenvalue weighted by atomic mass is 35.5. The summed E-state index contributed by atoms with van der Waals surface area (Å²) < 4.78 is 3.45. The molecule has 3 heterocycles. The van der Waals surface area contributed by atoms with Crippen molar-refractivity contribution >= 4 is 34.4 Å². The van der Waals surface area contributed by atoms with Crippen LogP contribution >= 0.6 is 11.6 Å². The number of fused-ring (bicyclic) bond motifs is 1. The minimum Gasteiger partial charge on any atom is -0.289 e. The van der Waals surface area contributed by atoms with Crippen LogP contribution in [0.5, 0.6) is 0 Å². The summed E-state index contributed by atoms with van der Waals surface area (Å²) in [7, 11) is 0. The minimum absolute atomic E-state index is 0.216. The maximum Gasteiger partial charge on any atom is 0.258 e. The van der Waals surface area contributed by atoms with E-state index in [1.807, 2.05) is 66.3 Å². The third kappa shape index (κ3) is 4.33. The summed E-state index contributed by atoms with van der Waals surface area (Å²) in [5, 5.41) is 12.9. The number of para-hydroxylation sites is 1. The Morgan fingerprint density at radius 3 is 2.73 bits per heavy atom. The molecule has 1 N–H and O–H groups in total. The van der Waals surface area contributed by atoms with Crippen molar-refractivity contribution in [1.29, 1.82) is 0 Å². The van der Waals surface area contributed by atoms with Gasteiger partial charge in [0.1, 0.15) is 6.33 Å². The topological polar surface area (TPSA) is 90.5 Å². The predicted octanol–water partition coefficient (Wildman–Crippen LogP) is 4.66. The molecular weight excluding hydrogens is 438 g/mol. The Balaban J connectivity index is 1.44. The largest absolute Gasteiger partial charge is 0.289 e. The number of hydrogen-bond donors (Lipinski definition) is 1. The standard InChI is InChI=1S/C24H20ClN7O/c1-2-31-14-17(12-27-31)22-11-19(18-8-4-6-10-21(18)28-22)23(33)29-24-26-15-32(30-24)13-16-7-3-5-9-20(16)25/h3-12,14-15H,2,13H2,1H3,(H,29,30,33). The number of nitrogens with one attached hydrogen (secondary N) is 1. The lowest BCUT2D eigenvalue weighted by atomic mass is 10.1. The zero-order chi connectivity index (χ0) is 22.8. The summed E-state index contributed by atoms with van der Waals surface area (Å²) >= 11 is 6.23. The van der Waals surface area contributed by atoms with Crippen LogP contribution in [0.1, 0.15) is 22.8 Å². The molecule has 0 aliphatic heterocycles. The molecule has 1 amide bonds. The second-order valence-corrected chi connectivity index (χ2v) is 7.88. The van der Waals surface area contributed by atoms with Crippen molar-refractivity contribution < 1.29 is 4.79 Å². The molecule has 0 bridgehead atoms. The van der Waals surface area contributed by atoms with Crippen LogP contribution in [0.2, 0.25) is 5.02 Å². The van der Waals surface area contributed by atoms with Crippen LogP contribution in [0.25, 0.3) is 22.2 Å². The summed E-state index contributed by atoms with van der Waals surface area (Å²) in [5.74, 6) is -0.0958. The van der Waals surface area contributed by atoms with E-state index in [0.717, 1.165) is 28.6 Å². The SMILES string of the molecule is CCn1cc(-c2cc(C(=O)Nc3ncn(Cc4ccccc4Cl)n3)c3ccccc3n2)cn1. The van der Waals surface area contributed by atoms with Gasteiger partial charge in [0.05, 0.1) is 29.5 Å². The number of carbonyl (C=O) groups excluding carboxylic acids is 1. The van der Waals surface area contributed by atoms with Crippen LogP contribution in [0, 0.1) is 0 Å². The van der Waals surface area contributed by atoms with Gasteiger partial charge in [-0.05, 0) is 30.7 Å². The average Bonchev–Trinajstić information content (AvgIpc) is 3.49. The van der Waals surface area contributed by atoms with E-state index in [2.05, 4.69) is 20.5 Å². The number of amides is 1. The molecule has 0 aliphatic rings. The normalized spacial score (nSPS) is 11.1. The summed E-state index contributed by atoms with van der Waals surface area (Å²) in [6, 6.07) is 16.9. The van der Waals surface area contributed by atoms with Crippen molar-refractivity contribution in [3.05, 3.63) is 89.5 Å². The monoisotopic (exact) mass is 457 g/mol. The van der Waals surface area contributed by atoms with Crippen molar-refractivity contribution in [1.82, 2.24) is 29.5 Å². The maximum absolute atomic E-state index is 13.2.